The number of carbonyl (C=O) groups excluding carboxylic acids is 1. The second-order valence-corrected chi connectivity index (χ2v) is 9.96. The van der Waals surface area contributed by atoms with Gasteiger partial charge in [0, 0.05) is 13.2 Å². The van der Waals surface area contributed by atoms with Crippen LogP contribution < -0.4 is 15.2 Å². The van der Waals surface area contributed by atoms with Crippen LogP contribution in [0.4, 0.5) is 0 Å². The average Bonchev–Trinajstić information content (AvgIpc) is 3.33. The number of nitrogens with two attached hydrogens (primary N) is 1. The second-order valence-electron chi connectivity index (χ2n) is 7.19. The summed E-state index contributed by atoms with van der Waals surface area (Å²) in [5.74, 6) is 0.294. The zero-order valence-corrected chi connectivity index (χ0v) is 18.7. The lowest BCUT2D eigenvalue weighted by molar-refractivity contribution is -0.125. The number of nitrogens with zero attached hydrogens (tertiary/aromatic N) is 4. The van der Waals surface area contributed by atoms with E-state index >= 15 is 0 Å². The van der Waals surface area contributed by atoms with Crippen LogP contribution in [0, 0.1) is 5.92 Å². The van der Waals surface area contributed by atoms with Crippen molar-refractivity contribution in [3.63, 3.8) is 0 Å². The van der Waals surface area contributed by atoms with Crippen LogP contribution in [0.15, 0.2) is 28.7 Å². The number of fused-ring (bicyclic) bond motifs is 1. The van der Waals surface area contributed by atoms with Crippen LogP contribution in [-0.2, 0) is 21.4 Å². The fourth-order valence-electron chi connectivity index (χ4n) is 2.89. The van der Waals surface area contributed by atoms with Crippen LogP contribution in [-0.4, -0.2) is 52.6 Å². The normalized spacial score (nSPS) is 12.9. The van der Waals surface area contributed by atoms with E-state index < -0.39 is 16.1 Å². The van der Waals surface area contributed by atoms with Crippen LogP contribution in [0.25, 0.3) is 10.2 Å². The Morgan fingerprint density at radius 2 is 2.16 bits per heavy atom. The second kappa shape index (κ2) is 9.68. The zero-order valence-electron chi connectivity index (χ0n) is 17.1. The molecule has 168 valence electrons. The topological polar surface area (TPSA) is 162 Å². The van der Waals surface area contributed by atoms with Crippen molar-refractivity contribution < 1.29 is 23.1 Å². The molecule has 0 saturated heterocycles. The largest absolute Gasteiger partial charge is 0.487 e. The van der Waals surface area contributed by atoms with Crippen molar-refractivity contribution in [3.8, 4) is 5.75 Å². The average molecular weight is 469 g/mol. The maximum Gasteiger partial charge on any atom is 0.265 e. The van der Waals surface area contributed by atoms with E-state index in [9.17, 15) is 13.2 Å². The van der Waals surface area contributed by atoms with Crippen molar-refractivity contribution in [3.05, 3.63) is 30.1 Å². The molecule has 4 N–H and O–H groups in total. The number of carbonyl (C=O) groups is 1. The van der Waals surface area contributed by atoms with E-state index in [0.717, 1.165) is 11.3 Å². The highest BCUT2D eigenvalue weighted by Gasteiger charge is 2.25. The maximum absolute atomic E-state index is 12.5. The molecule has 3 rings (SSSR count). The number of benzene rings is 1. The minimum Gasteiger partial charge on any atom is -0.487 e. The van der Waals surface area contributed by atoms with Gasteiger partial charge in [0.2, 0.25) is 10.2 Å². The number of aliphatic hydroxyl groups is 1. The molecule has 0 aliphatic rings. The first-order valence-corrected chi connectivity index (χ1v) is 11.9. The molecule has 1 aromatic carbocycles. The molecule has 2 aromatic heterocycles. The van der Waals surface area contributed by atoms with Gasteiger partial charge < -0.3 is 15.2 Å². The fourth-order valence-corrected chi connectivity index (χ4v) is 4.58. The smallest absolute Gasteiger partial charge is 0.265 e. The summed E-state index contributed by atoms with van der Waals surface area (Å²) in [5, 5.41) is 24.9. The number of amides is 1. The standard InChI is InChI=1S/C18H24N6O5S2/c1-11(2)16(17(26)20-6-3-7-25)24-9-12(22-23-24)10-29-13-4-5-14-15(8-13)30-18(21-14)31(19,27)28/h4-5,8-9,11,16,25H,3,6-7,10H2,1-2H3,(H,20,26)(H2,19,27,28)/t16-/m0/s1. The van der Waals surface area contributed by atoms with Gasteiger partial charge in [-0.1, -0.05) is 19.1 Å². The van der Waals surface area contributed by atoms with Gasteiger partial charge in [0.05, 0.1) is 16.4 Å². The Hall–Kier alpha value is -2.61. The summed E-state index contributed by atoms with van der Waals surface area (Å²) in [4.78, 5) is 16.5. The third-order valence-corrected chi connectivity index (χ3v) is 6.69. The van der Waals surface area contributed by atoms with E-state index in [0.29, 0.717) is 34.6 Å². The number of thiazole rings is 1. The molecule has 0 spiro atoms. The number of hydrogen-bond donors (Lipinski definition) is 3. The molecule has 0 saturated carbocycles. The molecule has 0 radical (unpaired) electrons. The molecule has 31 heavy (non-hydrogen) atoms. The van der Waals surface area contributed by atoms with Crippen molar-refractivity contribution in [2.24, 2.45) is 11.1 Å². The van der Waals surface area contributed by atoms with Gasteiger partial charge >= 0.3 is 0 Å². The third kappa shape index (κ3) is 5.76. The lowest BCUT2D eigenvalue weighted by Crippen LogP contribution is -2.36. The van der Waals surface area contributed by atoms with Gasteiger partial charge in [-0.25, -0.2) is 23.2 Å². The summed E-state index contributed by atoms with van der Waals surface area (Å²) in [6, 6.07) is 4.46. The lowest BCUT2D eigenvalue weighted by atomic mass is 10.0. The molecule has 1 atom stereocenters. The molecule has 11 nitrogen and oxygen atoms in total. The number of rotatable bonds is 10. The molecule has 2 heterocycles. The fraction of sp³-hybridized carbons (Fsp3) is 0.444. The highest BCUT2D eigenvalue weighted by Crippen LogP contribution is 2.28. The number of ether oxygens (including phenoxy) is 1. The summed E-state index contributed by atoms with van der Waals surface area (Å²) in [6.45, 7) is 4.33. The summed E-state index contributed by atoms with van der Waals surface area (Å²) >= 11 is 0.966. The minimum atomic E-state index is -3.86. The monoisotopic (exact) mass is 468 g/mol. The van der Waals surface area contributed by atoms with Crippen LogP contribution >= 0.6 is 11.3 Å². The predicted molar refractivity (Wildman–Crippen MR) is 114 cm³/mol. The molecule has 0 bridgehead atoms. The first-order chi connectivity index (χ1) is 14.7. The number of primary sulfonamides is 1. The Morgan fingerprint density at radius 3 is 2.84 bits per heavy atom. The van der Waals surface area contributed by atoms with Gasteiger partial charge in [0.15, 0.2) is 0 Å². The number of aliphatic hydroxyl groups excluding tert-OH is 1. The molecule has 0 unspecified atom stereocenters. The van der Waals surface area contributed by atoms with Crippen molar-refractivity contribution in [1.29, 1.82) is 0 Å². The summed E-state index contributed by atoms with van der Waals surface area (Å²) < 4.78 is 30.6. The van der Waals surface area contributed by atoms with Crippen molar-refractivity contribution in [2.45, 2.75) is 37.3 Å². The number of nitrogens with one attached hydrogen (secondary N) is 1. The van der Waals surface area contributed by atoms with Gasteiger partial charge in [-0.15, -0.1) is 16.4 Å². The Kier molecular flexibility index (Phi) is 7.20. The van der Waals surface area contributed by atoms with Gasteiger partial charge in [-0.05, 0) is 30.5 Å². The van der Waals surface area contributed by atoms with E-state index in [1.165, 1.54) is 4.68 Å². The highest BCUT2D eigenvalue weighted by atomic mass is 32.2. The summed E-state index contributed by atoms with van der Waals surface area (Å²) in [5.41, 5.74) is 1.04. The first-order valence-electron chi connectivity index (χ1n) is 9.54. The highest BCUT2D eigenvalue weighted by molar-refractivity contribution is 7.91. The van der Waals surface area contributed by atoms with Gasteiger partial charge in [0.1, 0.15) is 24.1 Å². The SMILES string of the molecule is CC(C)[C@@H](C(=O)NCCCO)n1cc(COc2ccc3nc(S(N)(=O)=O)sc3c2)nn1. The Balaban J connectivity index is 1.68. The maximum atomic E-state index is 12.5. The third-order valence-electron chi connectivity index (χ3n) is 4.35. The minimum absolute atomic E-state index is 0.00805. The van der Waals surface area contributed by atoms with Crippen molar-refractivity contribution in [2.75, 3.05) is 13.2 Å². The molecule has 0 aliphatic carbocycles. The number of aromatic nitrogens is 4. The van der Waals surface area contributed by atoms with E-state index in [-0.39, 0.29) is 29.4 Å². The van der Waals surface area contributed by atoms with E-state index in [2.05, 4.69) is 20.6 Å². The van der Waals surface area contributed by atoms with Gasteiger partial charge in [-0.2, -0.15) is 0 Å². The molecular weight excluding hydrogens is 444 g/mol. The van der Waals surface area contributed by atoms with Gasteiger partial charge in [-0.3, -0.25) is 4.79 Å². The number of sulfonamides is 1. The molecule has 0 aliphatic heterocycles. The number of hydrogen-bond acceptors (Lipinski definition) is 9. The van der Waals surface area contributed by atoms with E-state index in [4.69, 9.17) is 15.0 Å². The van der Waals surface area contributed by atoms with E-state index in [1.807, 2.05) is 13.8 Å². The van der Waals surface area contributed by atoms with Gasteiger partial charge in [0.25, 0.3) is 10.0 Å². The molecular formula is C18H24N6O5S2. The van der Waals surface area contributed by atoms with Crippen LogP contribution in [0.3, 0.4) is 0 Å². The molecule has 3 aromatic rings. The first kappa shape index (κ1) is 23.1. The predicted octanol–water partition coefficient (Wildman–Crippen LogP) is 0.810. The molecule has 0 fully saturated rings. The van der Waals surface area contributed by atoms with Crippen LogP contribution in [0.5, 0.6) is 5.75 Å². The van der Waals surface area contributed by atoms with Crippen molar-refractivity contribution >= 4 is 37.5 Å². The molecule has 13 heteroatoms. The van der Waals surface area contributed by atoms with Crippen molar-refractivity contribution in [1.82, 2.24) is 25.3 Å². The van der Waals surface area contributed by atoms with Crippen LogP contribution in [0.2, 0.25) is 0 Å². The summed E-state index contributed by atoms with van der Waals surface area (Å²) in [6.07, 6.45) is 2.14. The van der Waals surface area contributed by atoms with Crippen LogP contribution in [0.1, 0.15) is 32.0 Å². The van der Waals surface area contributed by atoms with E-state index in [1.54, 1.807) is 24.4 Å². The zero-order chi connectivity index (χ0) is 22.6. The molecule has 1 amide bonds. The quantitative estimate of drug-likeness (QED) is 0.368. The Labute approximate surface area is 183 Å². The summed E-state index contributed by atoms with van der Waals surface area (Å²) in [7, 11) is -3.86. The lowest BCUT2D eigenvalue weighted by Gasteiger charge is -2.19. The Bertz CT molecular complexity index is 1160. The Morgan fingerprint density at radius 1 is 1.39 bits per heavy atom.